The molecule has 0 heterocycles. The molecule has 23 heavy (non-hydrogen) atoms. The lowest BCUT2D eigenvalue weighted by molar-refractivity contribution is 0.295. The molecule has 0 fully saturated rings. The Morgan fingerprint density at radius 1 is 1.22 bits per heavy atom. The lowest BCUT2D eigenvalue weighted by atomic mass is 10.2. The first-order valence-corrected chi connectivity index (χ1v) is 8.40. The number of halogens is 2. The maximum absolute atomic E-state index is 12.9. The van der Waals surface area contributed by atoms with Crippen molar-refractivity contribution < 1.29 is 13.9 Å². The van der Waals surface area contributed by atoms with E-state index < -0.39 is 0 Å². The van der Waals surface area contributed by atoms with Gasteiger partial charge in [0.1, 0.15) is 12.4 Å². The smallest absolute Gasteiger partial charge is 0.174 e. The number of ether oxygens (including phenoxy) is 2. The molecular formula is C18H19FINO2. The minimum atomic E-state index is -0.243. The Kier molecular flexibility index (Phi) is 6.70. The molecular weight excluding hydrogens is 408 g/mol. The minimum absolute atomic E-state index is 0.243. The van der Waals surface area contributed by atoms with E-state index in [2.05, 4.69) is 34.5 Å². The molecule has 2 aromatic carbocycles. The third kappa shape index (κ3) is 5.13. The first kappa shape index (κ1) is 17.6. The highest BCUT2D eigenvalue weighted by atomic mass is 127. The van der Waals surface area contributed by atoms with Gasteiger partial charge in [0.05, 0.1) is 10.2 Å². The van der Waals surface area contributed by atoms with Gasteiger partial charge in [0.2, 0.25) is 0 Å². The number of anilines is 1. The van der Waals surface area contributed by atoms with Gasteiger partial charge in [-0.15, -0.1) is 0 Å². The zero-order valence-electron chi connectivity index (χ0n) is 12.9. The molecule has 0 atom stereocenters. The summed E-state index contributed by atoms with van der Waals surface area (Å²) in [6.45, 7) is 7.21. The highest BCUT2D eigenvalue weighted by Gasteiger charge is 2.12. The molecule has 0 saturated carbocycles. The molecule has 0 amide bonds. The fraction of sp³-hybridized carbons (Fsp3) is 0.222. The topological polar surface area (TPSA) is 30.5 Å². The summed E-state index contributed by atoms with van der Waals surface area (Å²) < 4.78 is 25.3. The SMILES string of the molecule is C=CCOc1c(I)cc(CNc2ccc(F)cc2)cc1OCC. The minimum Gasteiger partial charge on any atom is -0.490 e. The quantitative estimate of drug-likeness (QED) is 0.475. The monoisotopic (exact) mass is 427 g/mol. The van der Waals surface area contributed by atoms with Crippen LogP contribution in [-0.4, -0.2) is 13.2 Å². The van der Waals surface area contributed by atoms with Crippen molar-refractivity contribution in [3.63, 3.8) is 0 Å². The van der Waals surface area contributed by atoms with Crippen molar-refractivity contribution >= 4 is 28.3 Å². The van der Waals surface area contributed by atoms with Crippen molar-refractivity contribution in [2.45, 2.75) is 13.5 Å². The van der Waals surface area contributed by atoms with E-state index in [1.54, 1.807) is 18.2 Å². The van der Waals surface area contributed by atoms with Gasteiger partial charge in [-0.25, -0.2) is 4.39 Å². The normalized spacial score (nSPS) is 10.2. The summed E-state index contributed by atoms with van der Waals surface area (Å²) >= 11 is 2.23. The van der Waals surface area contributed by atoms with E-state index in [1.165, 1.54) is 12.1 Å². The Bertz CT molecular complexity index is 659. The number of hydrogen-bond acceptors (Lipinski definition) is 3. The molecule has 0 bridgehead atoms. The van der Waals surface area contributed by atoms with Gasteiger partial charge in [-0.3, -0.25) is 0 Å². The molecule has 0 spiro atoms. The number of nitrogens with one attached hydrogen (secondary N) is 1. The van der Waals surface area contributed by atoms with Crippen LogP contribution < -0.4 is 14.8 Å². The van der Waals surface area contributed by atoms with E-state index >= 15 is 0 Å². The van der Waals surface area contributed by atoms with Crippen molar-refractivity contribution in [1.29, 1.82) is 0 Å². The average molecular weight is 427 g/mol. The van der Waals surface area contributed by atoms with Crippen LogP contribution in [0.25, 0.3) is 0 Å². The summed E-state index contributed by atoms with van der Waals surface area (Å²) in [4.78, 5) is 0. The van der Waals surface area contributed by atoms with Crippen LogP contribution in [0.1, 0.15) is 12.5 Å². The van der Waals surface area contributed by atoms with Crippen LogP contribution in [0.15, 0.2) is 49.1 Å². The van der Waals surface area contributed by atoms with Crippen LogP contribution in [-0.2, 0) is 6.54 Å². The van der Waals surface area contributed by atoms with Crippen LogP contribution in [0, 0.1) is 9.39 Å². The molecule has 2 aromatic rings. The van der Waals surface area contributed by atoms with Crippen molar-refractivity contribution in [2.75, 3.05) is 18.5 Å². The van der Waals surface area contributed by atoms with Crippen molar-refractivity contribution in [3.05, 3.63) is 64.0 Å². The summed E-state index contributed by atoms with van der Waals surface area (Å²) in [5, 5.41) is 3.26. The van der Waals surface area contributed by atoms with E-state index in [4.69, 9.17) is 9.47 Å². The highest BCUT2D eigenvalue weighted by molar-refractivity contribution is 14.1. The van der Waals surface area contributed by atoms with E-state index in [0.717, 1.165) is 26.3 Å². The Hall–Kier alpha value is -1.76. The van der Waals surface area contributed by atoms with Crippen molar-refractivity contribution in [2.24, 2.45) is 0 Å². The number of benzene rings is 2. The molecule has 0 radical (unpaired) electrons. The molecule has 0 saturated heterocycles. The molecule has 0 aliphatic rings. The second-order valence-corrected chi connectivity index (χ2v) is 5.96. The molecule has 0 aromatic heterocycles. The second kappa shape index (κ2) is 8.76. The van der Waals surface area contributed by atoms with Gasteiger partial charge in [-0.1, -0.05) is 12.7 Å². The fourth-order valence-electron chi connectivity index (χ4n) is 2.04. The summed E-state index contributed by atoms with van der Waals surface area (Å²) in [7, 11) is 0. The summed E-state index contributed by atoms with van der Waals surface area (Å²) in [6.07, 6.45) is 1.70. The van der Waals surface area contributed by atoms with Gasteiger partial charge in [0, 0.05) is 12.2 Å². The van der Waals surface area contributed by atoms with Crippen molar-refractivity contribution in [1.82, 2.24) is 0 Å². The maximum Gasteiger partial charge on any atom is 0.174 e. The van der Waals surface area contributed by atoms with E-state index in [1.807, 2.05) is 19.1 Å². The highest BCUT2D eigenvalue weighted by Crippen LogP contribution is 2.34. The average Bonchev–Trinajstić information content (AvgIpc) is 2.54. The predicted octanol–water partition coefficient (Wildman–Crippen LogP) is 5.01. The van der Waals surface area contributed by atoms with Gasteiger partial charge >= 0.3 is 0 Å². The lowest BCUT2D eigenvalue weighted by Gasteiger charge is -2.15. The first-order valence-electron chi connectivity index (χ1n) is 7.32. The van der Waals surface area contributed by atoms with E-state index in [9.17, 15) is 4.39 Å². The summed E-state index contributed by atoms with van der Waals surface area (Å²) in [5.74, 6) is 1.21. The summed E-state index contributed by atoms with van der Waals surface area (Å²) in [5.41, 5.74) is 1.93. The van der Waals surface area contributed by atoms with Crippen LogP contribution in [0.5, 0.6) is 11.5 Å². The number of hydrogen-bond donors (Lipinski definition) is 1. The Morgan fingerprint density at radius 3 is 2.61 bits per heavy atom. The molecule has 122 valence electrons. The van der Waals surface area contributed by atoms with Crippen LogP contribution in [0.2, 0.25) is 0 Å². The van der Waals surface area contributed by atoms with Crippen LogP contribution >= 0.6 is 22.6 Å². The molecule has 5 heteroatoms. The van der Waals surface area contributed by atoms with Gasteiger partial charge in [0.15, 0.2) is 11.5 Å². The largest absolute Gasteiger partial charge is 0.490 e. The molecule has 3 nitrogen and oxygen atoms in total. The molecule has 2 rings (SSSR count). The Morgan fingerprint density at radius 2 is 1.96 bits per heavy atom. The molecule has 0 aliphatic carbocycles. The van der Waals surface area contributed by atoms with Gasteiger partial charge in [-0.2, -0.15) is 0 Å². The summed E-state index contributed by atoms with van der Waals surface area (Å²) in [6, 6.07) is 10.3. The zero-order valence-corrected chi connectivity index (χ0v) is 15.1. The van der Waals surface area contributed by atoms with Gasteiger partial charge in [0.25, 0.3) is 0 Å². The zero-order chi connectivity index (χ0) is 16.7. The van der Waals surface area contributed by atoms with E-state index in [-0.39, 0.29) is 5.82 Å². The van der Waals surface area contributed by atoms with Gasteiger partial charge < -0.3 is 14.8 Å². The first-order chi connectivity index (χ1) is 11.1. The Labute approximate surface area is 149 Å². The van der Waals surface area contributed by atoms with Crippen LogP contribution in [0.3, 0.4) is 0 Å². The molecule has 0 unspecified atom stereocenters. The van der Waals surface area contributed by atoms with Gasteiger partial charge in [-0.05, 0) is 71.5 Å². The third-order valence-electron chi connectivity index (χ3n) is 3.06. The fourth-order valence-corrected chi connectivity index (χ4v) is 2.86. The van der Waals surface area contributed by atoms with Crippen LogP contribution in [0.4, 0.5) is 10.1 Å². The van der Waals surface area contributed by atoms with Crippen molar-refractivity contribution in [3.8, 4) is 11.5 Å². The maximum atomic E-state index is 12.9. The lowest BCUT2D eigenvalue weighted by Crippen LogP contribution is -2.04. The molecule has 1 N–H and O–H groups in total. The number of rotatable bonds is 8. The second-order valence-electron chi connectivity index (χ2n) is 4.80. The standard InChI is InChI=1S/C18H19FINO2/c1-3-9-23-18-16(20)10-13(11-17(18)22-4-2)12-21-15-7-5-14(19)6-8-15/h3,5-8,10-11,21H,1,4,9,12H2,2H3. The molecule has 0 aliphatic heterocycles. The van der Waals surface area contributed by atoms with E-state index in [0.29, 0.717) is 19.8 Å². The Balaban J connectivity index is 2.15. The predicted molar refractivity (Wildman–Crippen MR) is 99.7 cm³/mol. The third-order valence-corrected chi connectivity index (χ3v) is 3.86.